The predicted octanol–water partition coefficient (Wildman–Crippen LogP) is 2.78. The molecule has 1 aromatic heterocycles. The number of hydrogen-bond acceptors (Lipinski definition) is 3. The van der Waals surface area contributed by atoms with Crippen LogP contribution in [0, 0.1) is 5.82 Å². The SMILES string of the molecule is CC(NCc1cc(O)cc(F)c1)c1cccnc1. The molecule has 0 saturated heterocycles. The summed E-state index contributed by atoms with van der Waals surface area (Å²) in [5.41, 5.74) is 1.78. The van der Waals surface area contributed by atoms with Crippen molar-refractivity contribution < 1.29 is 9.50 Å². The van der Waals surface area contributed by atoms with Crippen molar-refractivity contribution in [1.82, 2.24) is 10.3 Å². The average molecular weight is 246 g/mol. The molecule has 1 unspecified atom stereocenters. The number of aromatic hydroxyl groups is 1. The van der Waals surface area contributed by atoms with E-state index >= 15 is 0 Å². The second-order valence-electron chi connectivity index (χ2n) is 4.21. The molecule has 1 aromatic carbocycles. The maximum absolute atomic E-state index is 13.1. The van der Waals surface area contributed by atoms with Crippen LogP contribution in [0.1, 0.15) is 24.1 Å². The fraction of sp³-hybridized carbons (Fsp3) is 0.214. The third kappa shape index (κ3) is 3.28. The van der Waals surface area contributed by atoms with E-state index in [4.69, 9.17) is 0 Å². The van der Waals surface area contributed by atoms with Crippen LogP contribution in [0.2, 0.25) is 0 Å². The molecule has 0 bridgehead atoms. The highest BCUT2D eigenvalue weighted by atomic mass is 19.1. The molecule has 94 valence electrons. The Labute approximate surface area is 105 Å². The van der Waals surface area contributed by atoms with Gasteiger partial charge in [0.2, 0.25) is 0 Å². The minimum absolute atomic E-state index is 0.0548. The lowest BCUT2D eigenvalue weighted by atomic mass is 10.1. The minimum Gasteiger partial charge on any atom is -0.508 e. The number of phenolic OH excluding ortho intramolecular Hbond substituents is 1. The lowest BCUT2D eigenvalue weighted by molar-refractivity contribution is 0.466. The zero-order chi connectivity index (χ0) is 13.0. The van der Waals surface area contributed by atoms with Crippen molar-refractivity contribution in [2.75, 3.05) is 0 Å². The predicted molar refractivity (Wildman–Crippen MR) is 67.6 cm³/mol. The number of nitrogens with one attached hydrogen (secondary N) is 1. The van der Waals surface area contributed by atoms with Gasteiger partial charge in [-0.15, -0.1) is 0 Å². The molecular formula is C14H15FN2O. The summed E-state index contributed by atoms with van der Waals surface area (Å²) in [6.45, 7) is 2.50. The van der Waals surface area contributed by atoms with Crippen molar-refractivity contribution in [2.45, 2.75) is 19.5 Å². The van der Waals surface area contributed by atoms with Gasteiger partial charge in [-0.05, 0) is 36.2 Å². The summed E-state index contributed by atoms with van der Waals surface area (Å²) < 4.78 is 13.1. The number of nitrogens with zero attached hydrogens (tertiary/aromatic N) is 1. The molecule has 0 amide bonds. The fourth-order valence-electron chi connectivity index (χ4n) is 1.76. The van der Waals surface area contributed by atoms with Crippen LogP contribution in [0.25, 0.3) is 0 Å². The summed E-state index contributed by atoms with van der Waals surface area (Å²) in [4.78, 5) is 4.05. The molecule has 2 rings (SSSR count). The molecule has 2 N–H and O–H groups in total. The first-order chi connectivity index (χ1) is 8.65. The van der Waals surface area contributed by atoms with E-state index in [9.17, 15) is 9.50 Å². The number of benzene rings is 1. The van der Waals surface area contributed by atoms with Crippen molar-refractivity contribution in [3.8, 4) is 5.75 Å². The number of hydrogen-bond donors (Lipinski definition) is 2. The third-order valence-electron chi connectivity index (χ3n) is 2.74. The summed E-state index contributed by atoms with van der Waals surface area (Å²) in [5.74, 6) is -0.485. The Hall–Kier alpha value is -1.94. The van der Waals surface area contributed by atoms with Crippen LogP contribution in [0.15, 0.2) is 42.7 Å². The highest BCUT2D eigenvalue weighted by Gasteiger charge is 2.05. The lowest BCUT2D eigenvalue weighted by Crippen LogP contribution is -2.18. The first kappa shape index (κ1) is 12.5. The van der Waals surface area contributed by atoms with E-state index < -0.39 is 5.82 Å². The van der Waals surface area contributed by atoms with Gasteiger partial charge in [0.05, 0.1) is 0 Å². The Kier molecular flexibility index (Phi) is 3.89. The quantitative estimate of drug-likeness (QED) is 0.872. The second kappa shape index (κ2) is 5.60. The van der Waals surface area contributed by atoms with E-state index in [2.05, 4.69) is 10.3 Å². The highest BCUT2D eigenvalue weighted by Crippen LogP contribution is 2.16. The molecule has 0 fully saturated rings. The zero-order valence-corrected chi connectivity index (χ0v) is 10.1. The van der Waals surface area contributed by atoms with Gasteiger partial charge in [-0.2, -0.15) is 0 Å². The largest absolute Gasteiger partial charge is 0.508 e. The fourth-order valence-corrected chi connectivity index (χ4v) is 1.76. The Morgan fingerprint density at radius 3 is 2.89 bits per heavy atom. The van der Waals surface area contributed by atoms with Gasteiger partial charge in [-0.25, -0.2) is 4.39 Å². The molecule has 0 radical (unpaired) electrons. The maximum Gasteiger partial charge on any atom is 0.127 e. The van der Waals surface area contributed by atoms with E-state index in [0.717, 1.165) is 11.6 Å². The van der Waals surface area contributed by atoms with Gasteiger partial charge < -0.3 is 10.4 Å². The van der Waals surface area contributed by atoms with Gasteiger partial charge in [-0.3, -0.25) is 4.98 Å². The highest BCUT2D eigenvalue weighted by molar-refractivity contribution is 5.28. The molecule has 2 aromatic rings. The van der Waals surface area contributed by atoms with Gasteiger partial charge in [0.25, 0.3) is 0 Å². The van der Waals surface area contributed by atoms with E-state index in [0.29, 0.717) is 12.1 Å². The van der Waals surface area contributed by atoms with Crippen LogP contribution in [-0.4, -0.2) is 10.1 Å². The Morgan fingerprint density at radius 2 is 2.22 bits per heavy atom. The normalized spacial score (nSPS) is 12.3. The molecule has 1 heterocycles. The summed E-state index contributed by atoms with van der Waals surface area (Å²) in [5, 5.41) is 12.6. The van der Waals surface area contributed by atoms with Crippen molar-refractivity contribution >= 4 is 0 Å². The molecular weight excluding hydrogens is 231 g/mol. The van der Waals surface area contributed by atoms with Gasteiger partial charge in [0, 0.05) is 31.0 Å². The Balaban J connectivity index is 1.99. The monoisotopic (exact) mass is 246 g/mol. The molecule has 0 aliphatic rings. The van der Waals surface area contributed by atoms with E-state index in [1.54, 1.807) is 18.5 Å². The lowest BCUT2D eigenvalue weighted by Gasteiger charge is -2.14. The van der Waals surface area contributed by atoms with E-state index in [1.165, 1.54) is 6.07 Å². The van der Waals surface area contributed by atoms with Crippen molar-refractivity contribution in [2.24, 2.45) is 0 Å². The topological polar surface area (TPSA) is 45.1 Å². The molecule has 18 heavy (non-hydrogen) atoms. The second-order valence-corrected chi connectivity index (χ2v) is 4.21. The van der Waals surface area contributed by atoms with Crippen molar-refractivity contribution in [1.29, 1.82) is 0 Å². The molecule has 3 nitrogen and oxygen atoms in total. The zero-order valence-electron chi connectivity index (χ0n) is 10.1. The van der Waals surface area contributed by atoms with Gasteiger partial charge in [0.15, 0.2) is 0 Å². The summed E-state index contributed by atoms with van der Waals surface area (Å²) >= 11 is 0. The van der Waals surface area contributed by atoms with Crippen LogP contribution in [0.3, 0.4) is 0 Å². The number of aromatic nitrogens is 1. The molecule has 4 heteroatoms. The average Bonchev–Trinajstić information content (AvgIpc) is 2.36. The number of halogens is 1. The number of phenols is 1. The summed E-state index contributed by atoms with van der Waals surface area (Å²) in [6, 6.07) is 8.02. The minimum atomic E-state index is -0.430. The summed E-state index contributed by atoms with van der Waals surface area (Å²) in [7, 11) is 0. The van der Waals surface area contributed by atoms with Crippen LogP contribution < -0.4 is 5.32 Å². The first-order valence-corrected chi connectivity index (χ1v) is 5.77. The Bertz CT molecular complexity index is 496. The standard InChI is InChI=1S/C14H15FN2O/c1-10(12-3-2-4-16-9-12)17-8-11-5-13(15)7-14(18)6-11/h2-7,9-10,17-18H,8H2,1H3. The molecule has 0 aliphatic carbocycles. The van der Waals surface area contributed by atoms with Gasteiger partial charge in [-0.1, -0.05) is 6.07 Å². The first-order valence-electron chi connectivity index (χ1n) is 5.77. The number of rotatable bonds is 4. The molecule has 1 atom stereocenters. The maximum atomic E-state index is 13.1. The van der Waals surface area contributed by atoms with Crippen LogP contribution in [0.5, 0.6) is 5.75 Å². The molecule has 0 aliphatic heterocycles. The van der Waals surface area contributed by atoms with Crippen molar-refractivity contribution in [3.63, 3.8) is 0 Å². The van der Waals surface area contributed by atoms with Crippen LogP contribution in [0.4, 0.5) is 4.39 Å². The smallest absolute Gasteiger partial charge is 0.127 e. The van der Waals surface area contributed by atoms with Crippen LogP contribution >= 0.6 is 0 Å². The molecule has 0 saturated carbocycles. The van der Waals surface area contributed by atoms with Crippen molar-refractivity contribution in [3.05, 3.63) is 59.7 Å². The van der Waals surface area contributed by atoms with Crippen LogP contribution in [-0.2, 0) is 6.54 Å². The molecule has 0 spiro atoms. The van der Waals surface area contributed by atoms with Gasteiger partial charge in [0.1, 0.15) is 11.6 Å². The van der Waals surface area contributed by atoms with Gasteiger partial charge >= 0.3 is 0 Å². The third-order valence-corrected chi connectivity index (χ3v) is 2.74. The van der Waals surface area contributed by atoms with E-state index in [-0.39, 0.29) is 11.8 Å². The Morgan fingerprint density at radius 1 is 1.39 bits per heavy atom. The number of pyridine rings is 1. The summed E-state index contributed by atoms with van der Waals surface area (Å²) in [6.07, 6.45) is 3.52. The van der Waals surface area contributed by atoms with E-state index in [1.807, 2.05) is 19.1 Å².